The predicted octanol–water partition coefficient (Wildman–Crippen LogP) is 5.18. The zero-order chi connectivity index (χ0) is 18.8. The third-order valence-corrected chi connectivity index (χ3v) is 5.79. The number of unbranched alkanes of at least 4 members (excludes halogenated alkanes) is 1. The van der Waals surface area contributed by atoms with E-state index >= 15 is 0 Å². The molecule has 0 radical (unpaired) electrons. The number of halogens is 1. The van der Waals surface area contributed by atoms with Crippen LogP contribution in [0, 0.1) is 0 Å². The highest BCUT2D eigenvalue weighted by Crippen LogP contribution is 2.24. The van der Waals surface area contributed by atoms with Gasteiger partial charge in [0, 0.05) is 16.4 Å². The molecule has 0 atom stereocenters. The number of benzene rings is 2. The monoisotopic (exact) mass is 442 g/mol. The van der Waals surface area contributed by atoms with E-state index in [9.17, 15) is 4.79 Å². The van der Waals surface area contributed by atoms with Gasteiger partial charge in [-0.05, 0) is 42.3 Å². The smallest absolute Gasteiger partial charge is 0.316 e. The summed E-state index contributed by atoms with van der Waals surface area (Å²) in [6, 6.07) is 14.1. The molecule has 4 rings (SSSR count). The molecule has 0 aliphatic rings. The minimum absolute atomic E-state index is 0.200. The van der Waals surface area contributed by atoms with E-state index in [0.29, 0.717) is 0 Å². The van der Waals surface area contributed by atoms with Gasteiger partial charge < -0.3 is 14.5 Å². The Hall–Kier alpha value is -2.38. The number of aromatic nitrogens is 3. The van der Waals surface area contributed by atoms with Gasteiger partial charge in [0.1, 0.15) is 0 Å². The number of rotatable bonds is 5. The van der Waals surface area contributed by atoms with Crippen molar-refractivity contribution in [1.82, 2.24) is 14.5 Å². The topological polar surface area (TPSA) is 65.9 Å². The highest BCUT2D eigenvalue weighted by molar-refractivity contribution is 9.10. The fraction of sp³-hybridized carbons (Fsp3) is 0.200. The van der Waals surface area contributed by atoms with Crippen LogP contribution in [0.2, 0.25) is 0 Å². The van der Waals surface area contributed by atoms with Crippen LogP contribution in [0.5, 0.6) is 0 Å². The second-order valence-electron chi connectivity index (χ2n) is 6.34. The van der Waals surface area contributed by atoms with Gasteiger partial charge >= 0.3 is 5.69 Å². The highest BCUT2D eigenvalue weighted by atomic mass is 79.9. The van der Waals surface area contributed by atoms with Crippen LogP contribution in [-0.4, -0.2) is 14.5 Å². The number of hydrogen-bond donors (Lipinski definition) is 2. The Morgan fingerprint density at radius 2 is 1.89 bits per heavy atom. The molecular weight excluding hydrogens is 424 g/mol. The van der Waals surface area contributed by atoms with Gasteiger partial charge in [0.2, 0.25) is 0 Å². The van der Waals surface area contributed by atoms with Crippen molar-refractivity contribution in [1.29, 1.82) is 0 Å². The standard InChI is InChI=1S/C20H19BrN4OS/c1-2-3-10-25-18(13-4-6-14(21)7-5-13)12-27-20(25)22-15-8-9-16-17(11-15)24-19(26)23-16/h4-9,11-12H,2-3,10H2,1H3,(H2,23,24,26). The Balaban J connectivity index is 1.81. The van der Waals surface area contributed by atoms with Crippen molar-refractivity contribution in [2.45, 2.75) is 26.3 Å². The maximum atomic E-state index is 11.5. The fourth-order valence-corrected chi connectivity index (χ4v) is 4.22. The second kappa shape index (κ2) is 7.70. The molecule has 0 fully saturated rings. The molecule has 2 heterocycles. The molecule has 0 aliphatic carbocycles. The predicted molar refractivity (Wildman–Crippen MR) is 114 cm³/mol. The summed E-state index contributed by atoms with van der Waals surface area (Å²) in [7, 11) is 0. The van der Waals surface area contributed by atoms with E-state index in [1.807, 2.05) is 18.2 Å². The van der Waals surface area contributed by atoms with Gasteiger partial charge in [0.25, 0.3) is 0 Å². The first kappa shape index (κ1) is 18.0. The molecule has 4 aromatic rings. The number of imidazole rings is 1. The molecule has 0 saturated carbocycles. The Morgan fingerprint density at radius 1 is 1.11 bits per heavy atom. The minimum Gasteiger partial charge on any atom is -0.316 e. The number of H-pyrrole nitrogens is 2. The first-order chi connectivity index (χ1) is 13.1. The van der Waals surface area contributed by atoms with E-state index < -0.39 is 0 Å². The molecule has 0 spiro atoms. The van der Waals surface area contributed by atoms with Gasteiger partial charge in [-0.3, -0.25) is 0 Å². The van der Waals surface area contributed by atoms with E-state index in [0.717, 1.165) is 45.4 Å². The zero-order valence-electron chi connectivity index (χ0n) is 14.8. The van der Waals surface area contributed by atoms with E-state index in [4.69, 9.17) is 4.99 Å². The molecule has 27 heavy (non-hydrogen) atoms. The van der Waals surface area contributed by atoms with Crippen molar-refractivity contribution in [3.05, 3.63) is 67.6 Å². The number of thiazole rings is 1. The zero-order valence-corrected chi connectivity index (χ0v) is 17.2. The maximum Gasteiger partial charge on any atom is 0.323 e. The SMILES string of the molecule is CCCCn1c(-c2ccc(Br)cc2)csc1=Nc1ccc2[nH]c(=O)[nH]c2c1. The van der Waals surface area contributed by atoms with Gasteiger partial charge in [-0.1, -0.05) is 41.4 Å². The second-order valence-corrected chi connectivity index (χ2v) is 8.09. The van der Waals surface area contributed by atoms with Gasteiger partial charge in [-0.25, -0.2) is 9.79 Å². The van der Waals surface area contributed by atoms with E-state index in [-0.39, 0.29) is 5.69 Å². The lowest BCUT2D eigenvalue weighted by Gasteiger charge is -2.08. The Bertz CT molecular complexity index is 1200. The van der Waals surface area contributed by atoms with Gasteiger partial charge in [-0.2, -0.15) is 0 Å². The summed E-state index contributed by atoms with van der Waals surface area (Å²) >= 11 is 5.13. The summed E-state index contributed by atoms with van der Waals surface area (Å²) in [6.45, 7) is 3.12. The molecule has 5 nitrogen and oxygen atoms in total. The molecule has 0 amide bonds. The number of aromatic amines is 2. The van der Waals surface area contributed by atoms with Crippen LogP contribution in [0.15, 0.2) is 62.1 Å². The Kier molecular flexibility index (Phi) is 5.13. The summed E-state index contributed by atoms with van der Waals surface area (Å²) in [6.07, 6.45) is 2.22. The van der Waals surface area contributed by atoms with Crippen LogP contribution in [-0.2, 0) is 6.54 Å². The summed E-state index contributed by atoms with van der Waals surface area (Å²) < 4.78 is 3.35. The average molecular weight is 443 g/mol. The van der Waals surface area contributed by atoms with Crippen LogP contribution in [0.4, 0.5) is 5.69 Å². The van der Waals surface area contributed by atoms with Crippen molar-refractivity contribution in [2.75, 3.05) is 0 Å². The van der Waals surface area contributed by atoms with Gasteiger partial charge in [0.05, 0.1) is 22.4 Å². The summed E-state index contributed by atoms with van der Waals surface area (Å²) in [5, 5.41) is 2.16. The molecule has 0 unspecified atom stereocenters. The molecule has 2 aromatic carbocycles. The minimum atomic E-state index is -0.200. The molecule has 0 aliphatic heterocycles. The van der Waals surface area contributed by atoms with Gasteiger partial charge in [-0.15, -0.1) is 11.3 Å². The lowest BCUT2D eigenvalue weighted by Crippen LogP contribution is -2.15. The lowest BCUT2D eigenvalue weighted by atomic mass is 10.2. The van der Waals surface area contributed by atoms with Crippen molar-refractivity contribution < 1.29 is 0 Å². The first-order valence-electron chi connectivity index (χ1n) is 8.85. The van der Waals surface area contributed by atoms with Crippen molar-refractivity contribution >= 4 is 44.0 Å². The summed E-state index contributed by atoms with van der Waals surface area (Å²) in [5.74, 6) is 0. The Morgan fingerprint density at radius 3 is 2.67 bits per heavy atom. The van der Waals surface area contributed by atoms with Crippen LogP contribution >= 0.6 is 27.3 Å². The molecular formula is C20H19BrN4OS. The van der Waals surface area contributed by atoms with Crippen molar-refractivity contribution in [3.8, 4) is 11.3 Å². The molecule has 7 heteroatoms. The number of nitrogens with zero attached hydrogens (tertiary/aromatic N) is 2. The third-order valence-electron chi connectivity index (χ3n) is 4.40. The molecule has 2 aromatic heterocycles. The lowest BCUT2D eigenvalue weighted by molar-refractivity contribution is 0.624. The fourth-order valence-electron chi connectivity index (χ4n) is 3.00. The number of nitrogens with one attached hydrogen (secondary N) is 2. The quantitative estimate of drug-likeness (QED) is 0.439. The summed E-state index contributed by atoms with van der Waals surface area (Å²) in [4.78, 5) is 22.8. The molecule has 138 valence electrons. The average Bonchev–Trinajstić information content (AvgIpc) is 3.22. The van der Waals surface area contributed by atoms with Crippen LogP contribution in [0.25, 0.3) is 22.3 Å². The van der Waals surface area contributed by atoms with E-state index in [1.165, 1.54) is 11.3 Å². The van der Waals surface area contributed by atoms with Crippen LogP contribution in [0.3, 0.4) is 0 Å². The number of hydrogen-bond acceptors (Lipinski definition) is 3. The van der Waals surface area contributed by atoms with Crippen molar-refractivity contribution in [3.63, 3.8) is 0 Å². The van der Waals surface area contributed by atoms with Crippen LogP contribution in [0.1, 0.15) is 19.8 Å². The number of fused-ring (bicyclic) bond motifs is 1. The summed E-state index contributed by atoms with van der Waals surface area (Å²) in [5.41, 5.74) is 4.54. The largest absolute Gasteiger partial charge is 0.323 e. The molecule has 2 N–H and O–H groups in total. The van der Waals surface area contributed by atoms with Gasteiger partial charge in [0.15, 0.2) is 4.80 Å². The third kappa shape index (κ3) is 3.84. The first-order valence-corrected chi connectivity index (χ1v) is 10.5. The molecule has 0 saturated heterocycles. The maximum absolute atomic E-state index is 11.5. The Labute approximate surface area is 168 Å². The van der Waals surface area contributed by atoms with E-state index in [1.54, 1.807) is 11.3 Å². The van der Waals surface area contributed by atoms with Crippen LogP contribution < -0.4 is 10.5 Å². The highest BCUT2D eigenvalue weighted by Gasteiger charge is 2.08. The van der Waals surface area contributed by atoms with E-state index in [2.05, 4.69) is 67.0 Å². The normalized spacial score (nSPS) is 12.1. The van der Waals surface area contributed by atoms with Crippen molar-refractivity contribution in [2.24, 2.45) is 4.99 Å². The molecule has 0 bridgehead atoms.